The van der Waals surface area contributed by atoms with Crippen molar-refractivity contribution < 1.29 is 19.1 Å². The van der Waals surface area contributed by atoms with Crippen LogP contribution in [0, 0.1) is 11.3 Å². The van der Waals surface area contributed by atoms with Crippen LogP contribution >= 0.6 is 23.2 Å². The van der Waals surface area contributed by atoms with Crippen LogP contribution in [0.3, 0.4) is 0 Å². The quantitative estimate of drug-likeness (QED) is 0.503. The van der Waals surface area contributed by atoms with Gasteiger partial charge in [-0.05, 0) is 48.9 Å². The Morgan fingerprint density at radius 3 is 2.39 bits per heavy atom. The first-order valence-corrected chi connectivity index (χ1v) is 9.02. The molecule has 2 aromatic rings. The number of nitriles is 1. The van der Waals surface area contributed by atoms with Crippen LogP contribution in [0.2, 0.25) is 10.0 Å². The number of nitrogens with zero attached hydrogens (tertiary/aromatic N) is 1. The number of ether oxygens (including phenoxy) is 2. The molecule has 0 saturated carbocycles. The van der Waals surface area contributed by atoms with Gasteiger partial charge in [0.05, 0.1) is 23.3 Å². The Balaban J connectivity index is 1.59. The minimum absolute atomic E-state index is 0.155. The maximum atomic E-state index is 11.7. The van der Waals surface area contributed by atoms with Gasteiger partial charge in [0.2, 0.25) is 5.91 Å². The summed E-state index contributed by atoms with van der Waals surface area (Å²) in [6, 6.07) is 13.2. The van der Waals surface area contributed by atoms with Gasteiger partial charge in [-0.3, -0.25) is 20.4 Å². The predicted octanol–water partition coefficient (Wildman–Crippen LogP) is 3.25. The molecule has 7 nitrogen and oxygen atoms in total. The number of benzene rings is 2. The first-order chi connectivity index (χ1) is 13.5. The molecule has 0 atom stereocenters. The number of carbonyl (C=O) groups is 2. The average molecular weight is 422 g/mol. The largest absolute Gasteiger partial charge is 0.492 e. The molecule has 2 rings (SSSR count). The highest BCUT2D eigenvalue weighted by atomic mass is 35.5. The van der Waals surface area contributed by atoms with E-state index in [4.69, 9.17) is 37.9 Å². The summed E-state index contributed by atoms with van der Waals surface area (Å²) in [5.41, 5.74) is 5.04. The molecule has 0 aliphatic carbocycles. The number of halogens is 2. The molecule has 28 heavy (non-hydrogen) atoms. The van der Waals surface area contributed by atoms with Gasteiger partial charge < -0.3 is 9.47 Å². The number of carbonyl (C=O) groups excluding carboxylic acids is 2. The van der Waals surface area contributed by atoms with Crippen molar-refractivity contribution in [1.29, 1.82) is 5.26 Å². The van der Waals surface area contributed by atoms with Crippen LogP contribution in [0.5, 0.6) is 11.5 Å². The second kappa shape index (κ2) is 11.0. The van der Waals surface area contributed by atoms with Crippen molar-refractivity contribution in [2.24, 2.45) is 0 Å². The summed E-state index contributed by atoms with van der Waals surface area (Å²) in [5, 5.41) is 9.62. The molecule has 0 aliphatic heterocycles. The van der Waals surface area contributed by atoms with E-state index in [0.717, 1.165) is 0 Å². The van der Waals surface area contributed by atoms with Crippen LogP contribution in [0.25, 0.3) is 0 Å². The zero-order valence-electron chi connectivity index (χ0n) is 14.7. The van der Waals surface area contributed by atoms with Crippen molar-refractivity contribution in [3.63, 3.8) is 0 Å². The molecule has 0 aliphatic rings. The summed E-state index contributed by atoms with van der Waals surface area (Å²) in [6.07, 6.45) is 0.588. The van der Waals surface area contributed by atoms with Gasteiger partial charge in [-0.25, -0.2) is 0 Å². The minimum Gasteiger partial charge on any atom is -0.492 e. The topological polar surface area (TPSA) is 100 Å². The second-order valence-corrected chi connectivity index (χ2v) is 6.39. The van der Waals surface area contributed by atoms with E-state index in [0.29, 0.717) is 33.5 Å². The second-order valence-electron chi connectivity index (χ2n) is 5.55. The normalized spacial score (nSPS) is 9.89. The first-order valence-electron chi connectivity index (χ1n) is 8.26. The lowest BCUT2D eigenvalue weighted by Crippen LogP contribution is -2.43. The Labute approximate surface area is 172 Å². The van der Waals surface area contributed by atoms with E-state index in [2.05, 4.69) is 10.9 Å². The summed E-state index contributed by atoms with van der Waals surface area (Å²) >= 11 is 11.8. The van der Waals surface area contributed by atoms with Crippen LogP contribution in [0.15, 0.2) is 42.5 Å². The molecule has 2 amide bonds. The lowest BCUT2D eigenvalue weighted by atomic mass is 10.2. The van der Waals surface area contributed by atoms with Crippen molar-refractivity contribution in [3.05, 3.63) is 58.1 Å². The smallest absolute Gasteiger partial charge is 0.276 e. The van der Waals surface area contributed by atoms with E-state index >= 15 is 0 Å². The molecule has 0 unspecified atom stereocenters. The van der Waals surface area contributed by atoms with E-state index in [1.807, 2.05) is 6.07 Å². The van der Waals surface area contributed by atoms with E-state index in [-0.39, 0.29) is 25.5 Å². The maximum Gasteiger partial charge on any atom is 0.276 e. The molecule has 2 aromatic carbocycles. The molecular formula is C19H17Cl2N3O4. The number of nitrogens with one attached hydrogen (secondary N) is 2. The van der Waals surface area contributed by atoms with Crippen molar-refractivity contribution in [1.82, 2.24) is 10.9 Å². The third-order valence-corrected chi connectivity index (χ3v) is 3.92. The molecule has 2 N–H and O–H groups in total. The fourth-order valence-corrected chi connectivity index (χ4v) is 2.48. The molecule has 9 heteroatoms. The van der Waals surface area contributed by atoms with Gasteiger partial charge in [0.1, 0.15) is 11.5 Å². The number of hydrazine groups is 1. The summed E-state index contributed by atoms with van der Waals surface area (Å²) in [4.78, 5) is 23.4. The van der Waals surface area contributed by atoms with Crippen LogP contribution in [0.1, 0.15) is 18.4 Å². The lowest BCUT2D eigenvalue weighted by Gasteiger charge is -2.10. The first kappa shape index (κ1) is 21.4. The highest BCUT2D eigenvalue weighted by molar-refractivity contribution is 6.35. The molecule has 0 aromatic heterocycles. The highest BCUT2D eigenvalue weighted by Crippen LogP contribution is 2.27. The van der Waals surface area contributed by atoms with Crippen molar-refractivity contribution in [3.8, 4) is 17.6 Å². The SMILES string of the molecule is N#Cc1ccc(OCC(=O)NNC(=O)CCCOc2ccc(Cl)cc2Cl)cc1. The Bertz CT molecular complexity index is 866. The number of amides is 2. The maximum absolute atomic E-state index is 11.7. The van der Waals surface area contributed by atoms with Gasteiger partial charge >= 0.3 is 0 Å². The van der Waals surface area contributed by atoms with E-state index in [1.165, 1.54) is 0 Å². The zero-order valence-corrected chi connectivity index (χ0v) is 16.2. The molecule has 0 saturated heterocycles. The van der Waals surface area contributed by atoms with Crippen LogP contribution < -0.4 is 20.3 Å². The van der Waals surface area contributed by atoms with Crippen molar-refractivity contribution in [2.75, 3.05) is 13.2 Å². The standard InChI is InChI=1S/C19H17Cl2N3O4/c20-14-5-8-17(16(21)10-14)27-9-1-2-18(25)23-24-19(26)12-28-15-6-3-13(11-22)4-7-15/h3-8,10H,1-2,9,12H2,(H,23,25)(H,24,26). The molecule has 0 fully saturated rings. The van der Waals surface area contributed by atoms with Crippen LogP contribution in [-0.2, 0) is 9.59 Å². The zero-order chi connectivity index (χ0) is 20.4. The summed E-state index contributed by atoms with van der Waals surface area (Å²) in [6.45, 7) is 0.00881. The lowest BCUT2D eigenvalue weighted by molar-refractivity contribution is -0.130. The van der Waals surface area contributed by atoms with E-state index in [1.54, 1.807) is 42.5 Å². The van der Waals surface area contributed by atoms with Gasteiger partial charge in [-0.1, -0.05) is 23.2 Å². The monoisotopic (exact) mass is 421 g/mol. The Kier molecular flexibility index (Phi) is 8.40. The van der Waals surface area contributed by atoms with Crippen LogP contribution in [0.4, 0.5) is 0 Å². The van der Waals surface area contributed by atoms with Crippen molar-refractivity contribution >= 4 is 35.0 Å². The van der Waals surface area contributed by atoms with E-state index < -0.39 is 5.91 Å². The fraction of sp³-hybridized carbons (Fsp3) is 0.211. The Morgan fingerprint density at radius 1 is 1.00 bits per heavy atom. The molecule has 0 heterocycles. The van der Waals surface area contributed by atoms with E-state index in [9.17, 15) is 9.59 Å². The number of hydrogen-bond donors (Lipinski definition) is 2. The third kappa shape index (κ3) is 7.35. The van der Waals surface area contributed by atoms with Gasteiger partial charge in [-0.15, -0.1) is 0 Å². The average Bonchev–Trinajstić information content (AvgIpc) is 2.69. The van der Waals surface area contributed by atoms with Gasteiger partial charge in [0.25, 0.3) is 5.91 Å². The minimum atomic E-state index is -0.512. The summed E-state index contributed by atoms with van der Waals surface area (Å²) in [5.74, 6) is 0.0534. The van der Waals surface area contributed by atoms with Gasteiger partial charge in [0, 0.05) is 11.4 Å². The number of rotatable bonds is 8. The third-order valence-electron chi connectivity index (χ3n) is 3.39. The summed E-state index contributed by atoms with van der Waals surface area (Å²) in [7, 11) is 0. The van der Waals surface area contributed by atoms with Gasteiger partial charge in [0.15, 0.2) is 6.61 Å². The Hall–Kier alpha value is -2.95. The molecule has 0 radical (unpaired) electrons. The predicted molar refractivity (Wildman–Crippen MR) is 104 cm³/mol. The molecule has 0 bridgehead atoms. The van der Waals surface area contributed by atoms with Gasteiger partial charge in [-0.2, -0.15) is 5.26 Å². The fourth-order valence-electron chi connectivity index (χ4n) is 2.02. The molecular weight excluding hydrogens is 405 g/mol. The molecule has 0 spiro atoms. The van der Waals surface area contributed by atoms with Crippen molar-refractivity contribution in [2.45, 2.75) is 12.8 Å². The molecule has 146 valence electrons. The highest BCUT2D eigenvalue weighted by Gasteiger charge is 2.07. The van der Waals surface area contributed by atoms with Crippen LogP contribution in [-0.4, -0.2) is 25.0 Å². The number of hydrogen-bond acceptors (Lipinski definition) is 5. The summed E-state index contributed by atoms with van der Waals surface area (Å²) < 4.78 is 10.7. The Morgan fingerprint density at radius 2 is 1.71 bits per heavy atom.